The number of benzene rings is 1. The molecule has 1 fully saturated rings. The molecular weight excluding hydrogens is 260 g/mol. The number of halogens is 1. The van der Waals surface area contributed by atoms with Gasteiger partial charge >= 0.3 is 0 Å². The largest absolute Gasteiger partial charge is 0.490 e. The zero-order valence-electron chi connectivity index (χ0n) is 10.4. The van der Waals surface area contributed by atoms with E-state index in [1.165, 1.54) is 0 Å². The van der Waals surface area contributed by atoms with Gasteiger partial charge in [0, 0.05) is 6.20 Å². The molecule has 2 N–H and O–H groups in total. The summed E-state index contributed by atoms with van der Waals surface area (Å²) in [6.07, 6.45) is 4.35. The van der Waals surface area contributed by atoms with Crippen molar-refractivity contribution in [2.45, 2.75) is 25.0 Å². The minimum absolute atomic E-state index is 0.243. The van der Waals surface area contributed by atoms with Crippen LogP contribution in [0.25, 0.3) is 0 Å². The molecule has 1 saturated carbocycles. The van der Waals surface area contributed by atoms with Crippen molar-refractivity contribution in [3.63, 3.8) is 0 Å². The van der Waals surface area contributed by atoms with Gasteiger partial charge in [0.25, 0.3) is 0 Å². The number of nitrogens with zero attached hydrogens (tertiary/aromatic N) is 1. The molecule has 0 spiro atoms. The van der Waals surface area contributed by atoms with Gasteiger partial charge in [-0.1, -0.05) is 23.7 Å². The second-order valence-electron chi connectivity index (χ2n) is 4.77. The first-order valence-corrected chi connectivity index (χ1v) is 6.74. The molecule has 1 aliphatic carbocycles. The maximum absolute atomic E-state index is 6.18. The highest BCUT2D eigenvalue weighted by Gasteiger charge is 2.23. The summed E-state index contributed by atoms with van der Waals surface area (Å²) in [4.78, 5) is 4.25. The van der Waals surface area contributed by atoms with Gasteiger partial charge in [0.1, 0.15) is 5.75 Å². The van der Waals surface area contributed by atoms with Crippen molar-refractivity contribution in [1.82, 2.24) is 4.98 Å². The minimum Gasteiger partial charge on any atom is -0.490 e. The smallest absolute Gasteiger partial charge is 0.119 e. The number of aromatic nitrogens is 1. The maximum atomic E-state index is 6.18. The molecule has 1 heterocycles. The number of rotatable bonds is 4. The van der Waals surface area contributed by atoms with E-state index in [2.05, 4.69) is 4.98 Å². The summed E-state index contributed by atoms with van der Waals surface area (Å²) in [6, 6.07) is 11.3. The van der Waals surface area contributed by atoms with E-state index in [1.54, 1.807) is 12.3 Å². The van der Waals surface area contributed by atoms with Crippen molar-refractivity contribution in [2.75, 3.05) is 0 Å². The molecule has 0 amide bonds. The van der Waals surface area contributed by atoms with E-state index in [0.717, 1.165) is 29.8 Å². The second-order valence-corrected chi connectivity index (χ2v) is 5.20. The molecule has 0 saturated heterocycles. The molecular formula is C15H15ClN2O. The Balaban J connectivity index is 1.75. The summed E-state index contributed by atoms with van der Waals surface area (Å²) in [7, 11) is 0. The molecule has 1 atom stereocenters. The third-order valence-electron chi connectivity index (χ3n) is 3.14. The summed E-state index contributed by atoms with van der Waals surface area (Å²) in [5.74, 6) is 0.905. The van der Waals surface area contributed by atoms with E-state index in [9.17, 15) is 0 Å². The first-order valence-electron chi connectivity index (χ1n) is 6.36. The summed E-state index contributed by atoms with van der Waals surface area (Å²) in [5.41, 5.74) is 8.00. The minimum atomic E-state index is -0.243. The zero-order valence-corrected chi connectivity index (χ0v) is 11.2. The van der Waals surface area contributed by atoms with Crippen LogP contribution < -0.4 is 10.5 Å². The Kier molecular flexibility index (Phi) is 3.40. The van der Waals surface area contributed by atoms with Crippen molar-refractivity contribution in [3.05, 3.63) is 58.9 Å². The van der Waals surface area contributed by atoms with Gasteiger partial charge in [0.05, 0.1) is 22.9 Å². The van der Waals surface area contributed by atoms with Crippen LogP contribution in [0.5, 0.6) is 5.75 Å². The highest BCUT2D eigenvalue weighted by atomic mass is 35.5. The van der Waals surface area contributed by atoms with Gasteiger partial charge in [-0.15, -0.1) is 0 Å². The molecule has 19 heavy (non-hydrogen) atoms. The van der Waals surface area contributed by atoms with Crippen LogP contribution in [0.3, 0.4) is 0 Å². The number of hydrogen-bond acceptors (Lipinski definition) is 3. The molecule has 3 rings (SSSR count). The predicted octanol–water partition coefficient (Wildman–Crippen LogP) is 3.32. The normalized spacial score (nSPS) is 16.1. The van der Waals surface area contributed by atoms with Gasteiger partial charge in [-0.2, -0.15) is 0 Å². The average Bonchev–Trinajstić information content (AvgIpc) is 3.24. The Bertz CT molecular complexity index is 549. The summed E-state index contributed by atoms with van der Waals surface area (Å²) in [6.45, 7) is 0. The molecule has 3 nitrogen and oxygen atoms in total. The van der Waals surface area contributed by atoms with Crippen molar-refractivity contribution >= 4 is 11.6 Å². The second kappa shape index (κ2) is 5.19. The van der Waals surface area contributed by atoms with Crippen LogP contribution in [0.4, 0.5) is 0 Å². The first-order chi connectivity index (χ1) is 9.22. The number of nitrogens with two attached hydrogens (primary N) is 1. The van der Waals surface area contributed by atoms with Crippen LogP contribution in [0.2, 0.25) is 5.02 Å². The molecule has 0 bridgehead atoms. The van der Waals surface area contributed by atoms with E-state index in [0.29, 0.717) is 11.1 Å². The van der Waals surface area contributed by atoms with E-state index < -0.39 is 0 Å². The Morgan fingerprint density at radius 1 is 1.16 bits per heavy atom. The molecule has 0 aliphatic heterocycles. The number of pyridine rings is 1. The monoisotopic (exact) mass is 274 g/mol. The summed E-state index contributed by atoms with van der Waals surface area (Å²) in [5, 5.41) is 0.615. The highest BCUT2D eigenvalue weighted by molar-refractivity contribution is 6.30. The predicted molar refractivity (Wildman–Crippen MR) is 75.4 cm³/mol. The Morgan fingerprint density at radius 3 is 2.47 bits per heavy atom. The topological polar surface area (TPSA) is 48.1 Å². The van der Waals surface area contributed by atoms with Gasteiger partial charge in [-0.05, 0) is 42.7 Å². The highest BCUT2D eigenvalue weighted by Crippen LogP contribution is 2.28. The summed E-state index contributed by atoms with van der Waals surface area (Å²) < 4.78 is 5.71. The quantitative estimate of drug-likeness (QED) is 0.930. The lowest BCUT2D eigenvalue weighted by Gasteiger charge is -2.12. The molecule has 1 aromatic heterocycles. The van der Waals surface area contributed by atoms with Crippen LogP contribution in [0.1, 0.15) is 30.1 Å². The molecule has 1 aliphatic rings. The van der Waals surface area contributed by atoms with Gasteiger partial charge in [-0.25, -0.2) is 0 Å². The molecule has 1 unspecified atom stereocenters. The number of hydrogen-bond donors (Lipinski definition) is 1. The molecule has 0 radical (unpaired) electrons. The first kappa shape index (κ1) is 12.5. The van der Waals surface area contributed by atoms with Gasteiger partial charge < -0.3 is 10.5 Å². The van der Waals surface area contributed by atoms with Crippen LogP contribution in [-0.2, 0) is 0 Å². The average molecular weight is 275 g/mol. The van der Waals surface area contributed by atoms with Crippen molar-refractivity contribution < 1.29 is 4.74 Å². The van der Waals surface area contributed by atoms with E-state index in [4.69, 9.17) is 22.1 Å². The van der Waals surface area contributed by atoms with E-state index in [1.807, 2.05) is 30.3 Å². The Morgan fingerprint density at radius 2 is 1.89 bits per heavy atom. The fourth-order valence-corrected chi connectivity index (χ4v) is 1.99. The van der Waals surface area contributed by atoms with Crippen LogP contribution in [0.15, 0.2) is 42.6 Å². The molecule has 4 heteroatoms. The lowest BCUT2D eigenvalue weighted by Crippen LogP contribution is -2.13. The van der Waals surface area contributed by atoms with E-state index in [-0.39, 0.29) is 6.04 Å². The maximum Gasteiger partial charge on any atom is 0.119 e. The standard InChI is InChI=1S/C15H15ClN2O/c16-11-3-8-14(18-9-11)15(17)10-1-4-12(5-2-10)19-13-6-7-13/h1-5,8-9,13,15H,6-7,17H2. The van der Waals surface area contributed by atoms with Crippen LogP contribution in [0, 0.1) is 0 Å². The van der Waals surface area contributed by atoms with Crippen molar-refractivity contribution in [3.8, 4) is 5.75 Å². The lowest BCUT2D eigenvalue weighted by molar-refractivity contribution is 0.303. The Hall–Kier alpha value is -1.58. The van der Waals surface area contributed by atoms with Crippen LogP contribution >= 0.6 is 11.6 Å². The molecule has 1 aromatic carbocycles. The van der Waals surface area contributed by atoms with Gasteiger partial charge in [-0.3, -0.25) is 4.98 Å². The van der Waals surface area contributed by atoms with Crippen LogP contribution in [-0.4, -0.2) is 11.1 Å². The van der Waals surface area contributed by atoms with Gasteiger partial charge in [0.2, 0.25) is 0 Å². The fourth-order valence-electron chi connectivity index (χ4n) is 1.87. The SMILES string of the molecule is NC(c1ccc(OC2CC2)cc1)c1ccc(Cl)cn1. The molecule has 2 aromatic rings. The fraction of sp³-hybridized carbons (Fsp3) is 0.267. The summed E-state index contributed by atoms with van der Waals surface area (Å²) >= 11 is 5.82. The molecule has 98 valence electrons. The lowest BCUT2D eigenvalue weighted by atomic mass is 10.0. The van der Waals surface area contributed by atoms with Crippen molar-refractivity contribution in [1.29, 1.82) is 0 Å². The Labute approximate surface area is 117 Å². The van der Waals surface area contributed by atoms with Gasteiger partial charge in [0.15, 0.2) is 0 Å². The third kappa shape index (κ3) is 3.06. The van der Waals surface area contributed by atoms with Crippen molar-refractivity contribution in [2.24, 2.45) is 5.73 Å². The number of ether oxygens (including phenoxy) is 1. The zero-order chi connectivity index (χ0) is 13.2. The third-order valence-corrected chi connectivity index (χ3v) is 3.36. The van der Waals surface area contributed by atoms with E-state index >= 15 is 0 Å².